The van der Waals surface area contributed by atoms with Crippen LogP contribution in [0.15, 0.2) is 36.4 Å². The molecule has 0 fully saturated rings. The molecular formula is C14H9F3O2. The molecule has 5 heteroatoms. The van der Waals surface area contributed by atoms with E-state index in [1.54, 1.807) is 0 Å². The van der Waals surface area contributed by atoms with Gasteiger partial charge in [0.2, 0.25) is 0 Å². The molecule has 2 rings (SSSR count). The number of halogens is 3. The van der Waals surface area contributed by atoms with Crippen LogP contribution in [0.2, 0.25) is 0 Å². The first-order valence-corrected chi connectivity index (χ1v) is 5.41. The highest BCUT2D eigenvalue weighted by Crippen LogP contribution is 2.26. The lowest BCUT2D eigenvalue weighted by molar-refractivity contribution is 0.101. The van der Waals surface area contributed by atoms with E-state index in [1.165, 1.54) is 25.1 Å². The Labute approximate surface area is 107 Å². The molecule has 0 atom stereocenters. The first-order chi connectivity index (χ1) is 8.97. The molecule has 0 amide bonds. The van der Waals surface area contributed by atoms with Crippen molar-refractivity contribution in [3.8, 4) is 11.5 Å². The van der Waals surface area contributed by atoms with E-state index in [-0.39, 0.29) is 22.8 Å². The average Bonchev–Trinajstić information content (AvgIpc) is 2.36. The number of hydrogen-bond acceptors (Lipinski definition) is 2. The van der Waals surface area contributed by atoms with Crippen LogP contribution in [0.25, 0.3) is 0 Å². The summed E-state index contributed by atoms with van der Waals surface area (Å²) in [5.41, 5.74) is 0.204. The van der Waals surface area contributed by atoms with E-state index in [0.717, 1.165) is 18.2 Å². The van der Waals surface area contributed by atoms with Crippen molar-refractivity contribution in [2.45, 2.75) is 6.92 Å². The minimum atomic E-state index is -1.08. The minimum Gasteiger partial charge on any atom is -0.454 e. The van der Waals surface area contributed by atoms with Crippen molar-refractivity contribution in [1.82, 2.24) is 0 Å². The Morgan fingerprint density at radius 2 is 1.68 bits per heavy atom. The lowest BCUT2D eigenvalue weighted by Gasteiger charge is -2.07. The summed E-state index contributed by atoms with van der Waals surface area (Å²) in [4.78, 5) is 11.1. The van der Waals surface area contributed by atoms with Gasteiger partial charge in [0.25, 0.3) is 0 Å². The zero-order valence-corrected chi connectivity index (χ0v) is 9.91. The number of rotatable bonds is 3. The van der Waals surface area contributed by atoms with E-state index in [9.17, 15) is 18.0 Å². The van der Waals surface area contributed by atoms with Crippen molar-refractivity contribution in [2.75, 3.05) is 0 Å². The molecule has 0 unspecified atom stereocenters. The molecule has 0 radical (unpaired) electrons. The van der Waals surface area contributed by atoms with E-state index in [1.807, 2.05) is 0 Å². The van der Waals surface area contributed by atoms with Crippen LogP contribution in [-0.2, 0) is 0 Å². The van der Waals surface area contributed by atoms with Crippen LogP contribution in [0, 0.1) is 17.5 Å². The molecule has 2 aromatic carbocycles. The summed E-state index contributed by atoms with van der Waals surface area (Å²) in [7, 11) is 0. The third-order valence-electron chi connectivity index (χ3n) is 2.46. The van der Waals surface area contributed by atoms with Gasteiger partial charge in [0, 0.05) is 11.6 Å². The van der Waals surface area contributed by atoms with E-state index < -0.39 is 17.5 Å². The molecule has 0 bridgehead atoms. The Morgan fingerprint density at radius 1 is 0.947 bits per heavy atom. The maximum atomic E-state index is 13.6. The van der Waals surface area contributed by atoms with Gasteiger partial charge in [-0.25, -0.2) is 13.2 Å². The maximum absolute atomic E-state index is 13.6. The van der Waals surface area contributed by atoms with E-state index in [2.05, 4.69) is 0 Å². The molecule has 0 saturated heterocycles. The van der Waals surface area contributed by atoms with Gasteiger partial charge in [-0.1, -0.05) is 0 Å². The van der Waals surface area contributed by atoms with Gasteiger partial charge >= 0.3 is 0 Å². The normalized spacial score (nSPS) is 10.3. The van der Waals surface area contributed by atoms with E-state index >= 15 is 0 Å². The number of benzene rings is 2. The third kappa shape index (κ3) is 2.93. The molecule has 0 aromatic heterocycles. The molecule has 0 aliphatic rings. The molecular weight excluding hydrogens is 257 g/mol. The highest BCUT2D eigenvalue weighted by Gasteiger charge is 2.10. The lowest BCUT2D eigenvalue weighted by atomic mass is 10.1. The van der Waals surface area contributed by atoms with Gasteiger partial charge in [0.1, 0.15) is 5.75 Å². The Bertz CT molecular complexity index is 639. The highest BCUT2D eigenvalue weighted by molar-refractivity contribution is 5.94. The fourth-order valence-corrected chi connectivity index (χ4v) is 1.47. The number of ether oxygens (including phenoxy) is 1. The largest absolute Gasteiger partial charge is 0.454 e. The molecule has 0 aliphatic heterocycles. The predicted octanol–water partition coefficient (Wildman–Crippen LogP) is 4.10. The molecule has 98 valence electrons. The summed E-state index contributed by atoms with van der Waals surface area (Å²) < 4.78 is 44.4. The maximum Gasteiger partial charge on any atom is 0.166 e. The summed E-state index contributed by atoms with van der Waals surface area (Å²) in [5, 5.41) is 0. The fraction of sp³-hybridized carbons (Fsp3) is 0.0714. The van der Waals surface area contributed by atoms with Crippen molar-refractivity contribution in [1.29, 1.82) is 0 Å². The number of carbonyl (C=O) groups excluding carboxylic acids is 1. The molecule has 0 spiro atoms. The van der Waals surface area contributed by atoms with Crippen LogP contribution >= 0.6 is 0 Å². The Balaban J connectivity index is 2.28. The number of carbonyl (C=O) groups is 1. The van der Waals surface area contributed by atoms with Crippen molar-refractivity contribution < 1.29 is 22.7 Å². The zero-order chi connectivity index (χ0) is 14.0. The van der Waals surface area contributed by atoms with Crippen LogP contribution in [0.1, 0.15) is 17.3 Å². The topological polar surface area (TPSA) is 26.3 Å². The summed E-state index contributed by atoms with van der Waals surface area (Å²) in [5.74, 6) is -3.34. The Morgan fingerprint density at radius 3 is 2.26 bits per heavy atom. The van der Waals surface area contributed by atoms with Crippen LogP contribution < -0.4 is 4.74 Å². The smallest absolute Gasteiger partial charge is 0.166 e. The van der Waals surface area contributed by atoms with Crippen molar-refractivity contribution in [3.05, 3.63) is 59.4 Å². The molecule has 0 N–H and O–H groups in total. The lowest BCUT2D eigenvalue weighted by Crippen LogP contribution is -1.95. The number of ketones is 1. The van der Waals surface area contributed by atoms with E-state index in [4.69, 9.17) is 4.74 Å². The predicted molar refractivity (Wildman–Crippen MR) is 62.8 cm³/mol. The van der Waals surface area contributed by atoms with Crippen LogP contribution in [-0.4, -0.2) is 5.78 Å². The van der Waals surface area contributed by atoms with E-state index in [0.29, 0.717) is 0 Å². The van der Waals surface area contributed by atoms with Gasteiger partial charge < -0.3 is 4.74 Å². The van der Waals surface area contributed by atoms with Gasteiger partial charge in [-0.15, -0.1) is 0 Å². The Kier molecular flexibility index (Phi) is 3.55. The second kappa shape index (κ2) is 5.14. The van der Waals surface area contributed by atoms with Crippen molar-refractivity contribution >= 4 is 5.78 Å². The van der Waals surface area contributed by atoms with Gasteiger partial charge in [0.05, 0.1) is 0 Å². The van der Waals surface area contributed by atoms with Gasteiger partial charge in [-0.2, -0.15) is 0 Å². The summed E-state index contributed by atoms with van der Waals surface area (Å²) >= 11 is 0. The monoisotopic (exact) mass is 266 g/mol. The zero-order valence-electron chi connectivity index (χ0n) is 9.91. The molecule has 2 aromatic rings. The quantitative estimate of drug-likeness (QED) is 0.782. The standard InChI is InChI=1S/C14H9F3O2/c1-8(18)9-2-5-14(13(17)6-9)19-10-3-4-11(15)12(16)7-10/h2-7H,1H3. The second-order valence-electron chi connectivity index (χ2n) is 3.88. The SMILES string of the molecule is CC(=O)c1ccc(Oc2ccc(F)c(F)c2)c(F)c1. The molecule has 0 heterocycles. The summed E-state index contributed by atoms with van der Waals surface area (Å²) in [6.45, 7) is 1.31. The highest BCUT2D eigenvalue weighted by atomic mass is 19.2. The van der Waals surface area contributed by atoms with Crippen LogP contribution in [0.3, 0.4) is 0 Å². The molecule has 2 nitrogen and oxygen atoms in total. The first kappa shape index (κ1) is 13.1. The van der Waals surface area contributed by atoms with Gasteiger partial charge in [-0.05, 0) is 37.3 Å². The minimum absolute atomic E-state index is 0.0339. The molecule has 19 heavy (non-hydrogen) atoms. The van der Waals surface area contributed by atoms with Gasteiger partial charge in [-0.3, -0.25) is 4.79 Å². The van der Waals surface area contributed by atoms with Crippen LogP contribution in [0.5, 0.6) is 11.5 Å². The molecule has 0 aliphatic carbocycles. The third-order valence-corrected chi connectivity index (χ3v) is 2.46. The molecule has 0 saturated carbocycles. The van der Waals surface area contributed by atoms with Crippen LogP contribution in [0.4, 0.5) is 13.2 Å². The van der Waals surface area contributed by atoms with Crippen molar-refractivity contribution in [2.24, 2.45) is 0 Å². The van der Waals surface area contributed by atoms with Crippen molar-refractivity contribution in [3.63, 3.8) is 0 Å². The Hall–Kier alpha value is -2.30. The fourth-order valence-electron chi connectivity index (χ4n) is 1.47. The summed E-state index contributed by atoms with van der Waals surface area (Å²) in [6, 6.07) is 6.54. The first-order valence-electron chi connectivity index (χ1n) is 5.41. The number of Topliss-reactive ketones (excluding diaryl/α,β-unsaturated/α-hetero) is 1. The summed E-state index contributed by atoms with van der Waals surface area (Å²) in [6.07, 6.45) is 0. The van der Waals surface area contributed by atoms with Gasteiger partial charge in [0.15, 0.2) is 29.0 Å². The second-order valence-corrected chi connectivity index (χ2v) is 3.88. The number of hydrogen-bond donors (Lipinski definition) is 0. The average molecular weight is 266 g/mol.